The van der Waals surface area contributed by atoms with Crippen molar-refractivity contribution in [1.82, 2.24) is 0 Å². The number of hydrogen-bond donors (Lipinski definition) is 1. The molecule has 0 aliphatic heterocycles. The average molecular weight is 402 g/mol. The molecule has 2 rings (SSSR count). The number of hydrogen-bond acceptors (Lipinski definition) is 2. The van der Waals surface area contributed by atoms with E-state index in [2.05, 4.69) is 58.4 Å². The van der Waals surface area contributed by atoms with E-state index in [9.17, 15) is 8.42 Å². The highest BCUT2D eigenvalue weighted by Gasteiger charge is 2.25. The van der Waals surface area contributed by atoms with E-state index in [1.807, 2.05) is 18.2 Å². The van der Waals surface area contributed by atoms with E-state index >= 15 is 0 Å². The summed E-state index contributed by atoms with van der Waals surface area (Å²) in [6.07, 6.45) is 2.47. The van der Waals surface area contributed by atoms with Gasteiger partial charge in [0.05, 0.1) is 4.90 Å². The summed E-state index contributed by atoms with van der Waals surface area (Å²) in [4.78, 5) is 0.478. The van der Waals surface area contributed by atoms with Gasteiger partial charge in [-0.1, -0.05) is 71.9 Å². The molecular formula is C24H35NO2S. The second-order valence-electron chi connectivity index (χ2n) is 9.01. The van der Waals surface area contributed by atoms with Crippen molar-refractivity contribution in [3.63, 3.8) is 0 Å². The van der Waals surface area contributed by atoms with Crippen LogP contribution >= 0.6 is 0 Å². The fourth-order valence-corrected chi connectivity index (χ4v) is 5.18. The highest BCUT2D eigenvalue weighted by molar-refractivity contribution is 7.92. The van der Waals surface area contributed by atoms with E-state index in [4.69, 9.17) is 0 Å². The Hall–Kier alpha value is -1.81. The van der Waals surface area contributed by atoms with E-state index in [1.165, 1.54) is 5.56 Å². The monoisotopic (exact) mass is 401 g/mol. The molecule has 2 aromatic carbocycles. The molecule has 0 aliphatic carbocycles. The first-order chi connectivity index (χ1) is 13.1. The Balaban J connectivity index is 2.63. The highest BCUT2D eigenvalue weighted by atomic mass is 32.2. The molecule has 0 aromatic heterocycles. The van der Waals surface area contributed by atoms with Crippen LogP contribution in [-0.4, -0.2) is 8.42 Å². The molecule has 0 fully saturated rings. The van der Waals surface area contributed by atoms with Gasteiger partial charge in [0, 0.05) is 5.69 Å². The Morgan fingerprint density at radius 2 is 1.21 bits per heavy atom. The summed E-state index contributed by atoms with van der Waals surface area (Å²) in [5.41, 5.74) is 3.71. The van der Waals surface area contributed by atoms with Crippen LogP contribution in [0.2, 0.25) is 0 Å². The van der Waals surface area contributed by atoms with Gasteiger partial charge in [-0.2, -0.15) is 0 Å². The first kappa shape index (κ1) is 22.5. The lowest BCUT2D eigenvalue weighted by Gasteiger charge is -2.21. The first-order valence-electron chi connectivity index (χ1n) is 10.3. The molecule has 2 aromatic rings. The number of benzene rings is 2. The predicted molar refractivity (Wildman–Crippen MR) is 119 cm³/mol. The van der Waals surface area contributed by atoms with Crippen molar-refractivity contribution in [2.24, 2.45) is 17.8 Å². The molecule has 28 heavy (non-hydrogen) atoms. The number of para-hydroxylation sites is 1. The molecule has 1 N–H and O–H groups in total. The molecule has 3 nitrogen and oxygen atoms in total. The maximum absolute atomic E-state index is 13.4. The molecule has 0 amide bonds. The van der Waals surface area contributed by atoms with Crippen molar-refractivity contribution >= 4 is 15.7 Å². The summed E-state index contributed by atoms with van der Waals surface area (Å²) in [6, 6.07) is 13.4. The minimum absolute atomic E-state index is 0.381. The predicted octanol–water partition coefficient (Wildman–Crippen LogP) is 6.08. The second kappa shape index (κ2) is 9.60. The molecule has 0 atom stereocenters. The van der Waals surface area contributed by atoms with Crippen molar-refractivity contribution < 1.29 is 8.42 Å². The van der Waals surface area contributed by atoms with E-state index in [-0.39, 0.29) is 0 Å². The number of rotatable bonds is 9. The van der Waals surface area contributed by atoms with Gasteiger partial charge in [0.25, 0.3) is 10.0 Å². The van der Waals surface area contributed by atoms with Crippen molar-refractivity contribution in [2.45, 2.75) is 65.7 Å². The van der Waals surface area contributed by atoms with Gasteiger partial charge in [0.2, 0.25) is 0 Å². The van der Waals surface area contributed by atoms with Gasteiger partial charge in [-0.05, 0) is 65.8 Å². The molecule has 0 aliphatic rings. The third kappa shape index (κ3) is 6.37. The molecule has 4 heteroatoms. The van der Waals surface area contributed by atoms with Crippen LogP contribution in [0.15, 0.2) is 47.4 Å². The minimum Gasteiger partial charge on any atom is -0.280 e. The zero-order valence-electron chi connectivity index (χ0n) is 18.1. The van der Waals surface area contributed by atoms with Crippen LogP contribution in [0.25, 0.3) is 0 Å². The molecule has 0 unspecified atom stereocenters. The summed E-state index contributed by atoms with van der Waals surface area (Å²) in [5.74, 6) is 1.29. The molecule has 0 saturated carbocycles. The Labute approximate surface area is 171 Å². The lowest BCUT2D eigenvalue weighted by atomic mass is 9.91. The molecule has 154 valence electrons. The Morgan fingerprint density at radius 3 is 1.64 bits per heavy atom. The quantitative estimate of drug-likeness (QED) is 0.553. The molecule has 0 spiro atoms. The summed E-state index contributed by atoms with van der Waals surface area (Å²) in [5, 5.41) is 0. The molecular weight excluding hydrogens is 366 g/mol. The van der Waals surface area contributed by atoms with Crippen molar-refractivity contribution in [3.05, 3.63) is 59.2 Å². The Morgan fingerprint density at radius 1 is 0.750 bits per heavy atom. The lowest BCUT2D eigenvalue weighted by Crippen LogP contribution is -2.19. The zero-order chi connectivity index (χ0) is 20.9. The van der Waals surface area contributed by atoms with E-state index < -0.39 is 10.0 Å². The molecule has 0 radical (unpaired) electrons. The van der Waals surface area contributed by atoms with Crippen LogP contribution in [0.5, 0.6) is 0 Å². The van der Waals surface area contributed by atoms with Crippen LogP contribution in [0.4, 0.5) is 5.69 Å². The normalized spacial score (nSPS) is 12.2. The van der Waals surface area contributed by atoms with Gasteiger partial charge in [-0.3, -0.25) is 4.72 Å². The van der Waals surface area contributed by atoms with Gasteiger partial charge >= 0.3 is 0 Å². The maximum atomic E-state index is 13.4. The summed E-state index contributed by atoms with van der Waals surface area (Å²) in [6.45, 7) is 12.9. The number of nitrogens with one attached hydrogen (secondary N) is 1. The number of anilines is 1. The first-order valence-corrected chi connectivity index (χ1v) is 11.8. The third-order valence-corrected chi connectivity index (χ3v) is 6.06. The van der Waals surface area contributed by atoms with Crippen LogP contribution in [0, 0.1) is 17.8 Å². The lowest BCUT2D eigenvalue weighted by molar-refractivity contribution is 0.585. The largest absolute Gasteiger partial charge is 0.280 e. The van der Waals surface area contributed by atoms with Gasteiger partial charge in [-0.25, -0.2) is 8.42 Å². The standard InChI is InChI=1S/C24H35NO2S/c1-17(2)12-20-15-21(13-18(3)4)24(22(16-20)14-19(5)6)28(26,27)25-23-10-8-7-9-11-23/h7-11,15-19,25H,12-14H2,1-6H3. The van der Waals surface area contributed by atoms with Crippen LogP contribution < -0.4 is 4.72 Å². The van der Waals surface area contributed by atoms with E-state index in [0.717, 1.165) is 30.4 Å². The minimum atomic E-state index is -3.66. The fourth-order valence-electron chi connectivity index (χ4n) is 3.66. The number of sulfonamides is 1. The summed E-state index contributed by atoms with van der Waals surface area (Å²) >= 11 is 0. The van der Waals surface area contributed by atoms with Crippen LogP contribution in [0.3, 0.4) is 0 Å². The topological polar surface area (TPSA) is 46.2 Å². The van der Waals surface area contributed by atoms with E-state index in [0.29, 0.717) is 28.3 Å². The van der Waals surface area contributed by atoms with E-state index in [1.54, 1.807) is 12.1 Å². The molecule has 0 heterocycles. The average Bonchev–Trinajstić information content (AvgIpc) is 2.52. The van der Waals surface area contributed by atoms with Gasteiger partial charge in [-0.15, -0.1) is 0 Å². The molecule has 0 saturated heterocycles. The highest BCUT2D eigenvalue weighted by Crippen LogP contribution is 2.30. The van der Waals surface area contributed by atoms with Crippen molar-refractivity contribution in [1.29, 1.82) is 0 Å². The fraction of sp³-hybridized carbons (Fsp3) is 0.500. The summed E-state index contributed by atoms with van der Waals surface area (Å²) < 4.78 is 29.7. The van der Waals surface area contributed by atoms with Crippen molar-refractivity contribution in [3.8, 4) is 0 Å². The van der Waals surface area contributed by atoms with Gasteiger partial charge in [0.1, 0.15) is 0 Å². The van der Waals surface area contributed by atoms with Gasteiger partial charge < -0.3 is 0 Å². The van der Waals surface area contributed by atoms with Crippen LogP contribution in [-0.2, 0) is 29.3 Å². The summed E-state index contributed by atoms with van der Waals surface area (Å²) in [7, 11) is -3.66. The second-order valence-corrected chi connectivity index (χ2v) is 10.6. The smallest absolute Gasteiger partial charge is 0.262 e. The molecule has 0 bridgehead atoms. The Kier molecular flexibility index (Phi) is 7.70. The van der Waals surface area contributed by atoms with Crippen molar-refractivity contribution in [2.75, 3.05) is 4.72 Å². The van der Waals surface area contributed by atoms with Gasteiger partial charge in [0.15, 0.2) is 0 Å². The van der Waals surface area contributed by atoms with Crippen LogP contribution in [0.1, 0.15) is 58.2 Å². The maximum Gasteiger partial charge on any atom is 0.262 e. The SMILES string of the molecule is CC(C)Cc1cc(CC(C)C)c(S(=O)(=O)Nc2ccccc2)c(CC(C)C)c1. The Bertz CT molecular complexity index is 838. The zero-order valence-corrected chi connectivity index (χ0v) is 18.9. The third-order valence-electron chi connectivity index (χ3n) is 4.50.